The Hall–Kier alpha value is -3.35. The zero-order chi connectivity index (χ0) is 25.5. The number of ether oxygens (including phenoxy) is 1. The summed E-state index contributed by atoms with van der Waals surface area (Å²) in [6.45, 7) is 7.90. The van der Waals surface area contributed by atoms with Gasteiger partial charge in [-0.3, -0.25) is 4.79 Å². The molecule has 0 aromatic heterocycles. The minimum atomic E-state index is -1.08. The third-order valence-corrected chi connectivity index (χ3v) is 6.76. The van der Waals surface area contributed by atoms with Crippen LogP contribution in [-0.4, -0.2) is 41.8 Å². The predicted octanol–water partition coefficient (Wildman–Crippen LogP) is 4.95. The molecule has 0 spiro atoms. The molecule has 3 rings (SSSR count). The molecule has 7 heteroatoms. The summed E-state index contributed by atoms with van der Waals surface area (Å²) in [5.74, 6) is -1.56. The van der Waals surface area contributed by atoms with Gasteiger partial charge in [-0.15, -0.1) is 0 Å². The van der Waals surface area contributed by atoms with Crippen molar-refractivity contribution in [1.82, 2.24) is 10.6 Å². The van der Waals surface area contributed by atoms with Crippen molar-refractivity contribution in [2.75, 3.05) is 6.61 Å². The number of carbonyl (C=O) groups is 3. The first-order chi connectivity index (χ1) is 16.7. The summed E-state index contributed by atoms with van der Waals surface area (Å²) in [5.41, 5.74) is 4.48. The largest absolute Gasteiger partial charge is 0.480 e. The smallest absolute Gasteiger partial charge is 0.407 e. The van der Waals surface area contributed by atoms with E-state index in [4.69, 9.17) is 4.74 Å². The molecule has 0 aliphatic heterocycles. The number of carboxylic acids is 1. The Kier molecular flexibility index (Phi) is 8.90. The van der Waals surface area contributed by atoms with Crippen LogP contribution in [0.4, 0.5) is 4.79 Å². The van der Waals surface area contributed by atoms with Crippen LogP contribution in [0.3, 0.4) is 0 Å². The normalized spacial score (nSPS) is 15.0. The van der Waals surface area contributed by atoms with Crippen LogP contribution in [-0.2, 0) is 14.3 Å². The van der Waals surface area contributed by atoms with Gasteiger partial charge in [0.05, 0.1) is 0 Å². The van der Waals surface area contributed by atoms with Gasteiger partial charge in [0.25, 0.3) is 0 Å². The van der Waals surface area contributed by atoms with E-state index in [2.05, 4.69) is 22.8 Å². The molecule has 2 amide bonds. The van der Waals surface area contributed by atoms with E-state index in [0.717, 1.165) is 22.3 Å². The van der Waals surface area contributed by atoms with E-state index < -0.39 is 30.1 Å². The second-order valence-corrected chi connectivity index (χ2v) is 9.70. The molecule has 3 N–H and O–H groups in total. The highest BCUT2D eigenvalue weighted by Crippen LogP contribution is 2.44. The van der Waals surface area contributed by atoms with Gasteiger partial charge in [0, 0.05) is 5.92 Å². The number of alkyl carbamates (subject to hydrolysis) is 1. The first-order valence-corrected chi connectivity index (χ1v) is 12.4. The highest BCUT2D eigenvalue weighted by molar-refractivity contribution is 5.89. The zero-order valence-corrected chi connectivity index (χ0v) is 20.9. The maximum absolute atomic E-state index is 13.0. The molecule has 2 aromatic rings. The second-order valence-electron chi connectivity index (χ2n) is 9.70. The summed E-state index contributed by atoms with van der Waals surface area (Å²) in [7, 11) is 0. The van der Waals surface area contributed by atoms with Crippen LogP contribution in [0.15, 0.2) is 48.5 Å². The van der Waals surface area contributed by atoms with Gasteiger partial charge in [-0.25, -0.2) is 9.59 Å². The molecule has 1 aliphatic carbocycles. The van der Waals surface area contributed by atoms with Crippen molar-refractivity contribution in [2.45, 2.75) is 65.0 Å². The van der Waals surface area contributed by atoms with E-state index in [0.29, 0.717) is 25.2 Å². The molecule has 1 unspecified atom stereocenters. The number of benzene rings is 2. The third-order valence-electron chi connectivity index (χ3n) is 6.76. The Labute approximate surface area is 207 Å². The van der Waals surface area contributed by atoms with E-state index in [1.165, 1.54) is 0 Å². The number of carbonyl (C=O) groups excluding carboxylic acids is 2. The molecule has 0 saturated heterocycles. The van der Waals surface area contributed by atoms with Gasteiger partial charge in [0.2, 0.25) is 5.91 Å². The third kappa shape index (κ3) is 6.41. The van der Waals surface area contributed by atoms with Crippen LogP contribution >= 0.6 is 0 Å². The molecule has 0 bridgehead atoms. The molecule has 35 heavy (non-hydrogen) atoms. The Morgan fingerprint density at radius 1 is 0.914 bits per heavy atom. The molecule has 0 heterocycles. The van der Waals surface area contributed by atoms with Gasteiger partial charge in [0.1, 0.15) is 18.7 Å². The van der Waals surface area contributed by atoms with Crippen molar-refractivity contribution >= 4 is 18.0 Å². The Bertz CT molecular complexity index is 1010. The highest BCUT2D eigenvalue weighted by atomic mass is 16.5. The SMILES string of the molecule is CC[C@H](C)[C@H](NC(=O)OCC1c2ccccc2-c2ccccc21)C(=O)NC(CCC(C)C)C(=O)O. The first-order valence-electron chi connectivity index (χ1n) is 12.4. The topological polar surface area (TPSA) is 105 Å². The molecule has 0 fully saturated rings. The molecule has 0 saturated carbocycles. The lowest BCUT2D eigenvalue weighted by atomic mass is 9.97. The molecule has 0 radical (unpaired) electrons. The number of amides is 2. The van der Waals surface area contributed by atoms with Crippen LogP contribution in [0, 0.1) is 11.8 Å². The second kappa shape index (κ2) is 11.9. The van der Waals surface area contributed by atoms with Gasteiger partial charge < -0.3 is 20.5 Å². The van der Waals surface area contributed by atoms with E-state index >= 15 is 0 Å². The summed E-state index contributed by atoms with van der Waals surface area (Å²) < 4.78 is 5.60. The molecule has 1 aliphatic rings. The lowest BCUT2D eigenvalue weighted by Gasteiger charge is -2.25. The number of rotatable bonds is 11. The fourth-order valence-electron chi connectivity index (χ4n) is 4.49. The zero-order valence-electron chi connectivity index (χ0n) is 20.9. The monoisotopic (exact) mass is 480 g/mol. The fraction of sp³-hybridized carbons (Fsp3) is 0.464. The van der Waals surface area contributed by atoms with Gasteiger partial charge in [-0.2, -0.15) is 0 Å². The Morgan fingerprint density at radius 2 is 1.49 bits per heavy atom. The minimum Gasteiger partial charge on any atom is -0.480 e. The van der Waals surface area contributed by atoms with Crippen molar-refractivity contribution in [2.24, 2.45) is 11.8 Å². The van der Waals surface area contributed by atoms with E-state index in [1.54, 1.807) is 0 Å². The lowest BCUT2D eigenvalue weighted by Crippen LogP contribution is -2.54. The Morgan fingerprint density at radius 3 is 2.00 bits per heavy atom. The predicted molar refractivity (Wildman–Crippen MR) is 135 cm³/mol. The summed E-state index contributed by atoms with van der Waals surface area (Å²) >= 11 is 0. The van der Waals surface area contributed by atoms with E-state index in [1.807, 2.05) is 64.1 Å². The van der Waals surface area contributed by atoms with Crippen LogP contribution in [0.25, 0.3) is 11.1 Å². The maximum atomic E-state index is 13.0. The first kappa shape index (κ1) is 26.3. The van der Waals surface area contributed by atoms with Crippen molar-refractivity contribution in [3.8, 4) is 11.1 Å². The average Bonchev–Trinajstić information content (AvgIpc) is 3.16. The molecule has 2 aromatic carbocycles. The summed E-state index contributed by atoms with van der Waals surface area (Å²) in [4.78, 5) is 37.4. The van der Waals surface area contributed by atoms with Crippen LogP contribution < -0.4 is 10.6 Å². The molecular formula is C28H36N2O5. The summed E-state index contributed by atoms with van der Waals surface area (Å²) in [5, 5.41) is 14.8. The number of nitrogens with one attached hydrogen (secondary N) is 2. The van der Waals surface area contributed by atoms with E-state index in [-0.39, 0.29) is 18.4 Å². The van der Waals surface area contributed by atoms with E-state index in [9.17, 15) is 19.5 Å². The van der Waals surface area contributed by atoms with Gasteiger partial charge in [0.15, 0.2) is 0 Å². The van der Waals surface area contributed by atoms with Crippen molar-refractivity contribution < 1.29 is 24.2 Å². The fourth-order valence-corrected chi connectivity index (χ4v) is 4.49. The number of aliphatic carboxylic acids is 1. The molecule has 7 nitrogen and oxygen atoms in total. The van der Waals surface area contributed by atoms with Gasteiger partial charge in [-0.05, 0) is 46.9 Å². The maximum Gasteiger partial charge on any atom is 0.407 e. The number of hydrogen-bond acceptors (Lipinski definition) is 4. The number of carboxylic acid groups (broad SMARTS) is 1. The van der Waals surface area contributed by atoms with Crippen LogP contribution in [0.5, 0.6) is 0 Å². The van der Waals surface area contributed by atoms with Gasteiger partial charge >= 0.3 is 12.1 Å². The Balaban J connectivity index is 1.66. The van der Waals surface area contributed by atoms with Crippen molar-refractivity contribution in [3.63, 3.8) is 0 Å². The number of fused-ring (bicyclic) bond motifs is 3. The standard InChI is InChI=1S/C28H36N2O5/c1-5-18(4)25(26(31)29-24(27(32)33)15-14-17(2)3)30-28(34)35-16-23-21-12-8-6-10-19(21)20-11-7-9-13-22(20)23/h6-13,17-18,23-25H,5,14-16H2,1-4H3,(H,29,31)(H,30,34)(H,32,33)/t18-,24?,25-/m0/s1. The summed E-state index contributed by atoms with van der Waals surface area (Å²) in [6.07, 6.45) is 0.939. The molecular weight excluding hydrogens is 444 g/mol. The molecule has 3 atom stereocenters. The van der Waals surface area contributed by atoms with Crippen molar-refractivity contribution in [3.05, 3.63) is 59.7 Å². The van der Waals surface area contributed by atoms with Crippen molar-refractivity contribution in [1.29, 1.82) is 0 Å². The van der Waals surface area contributed by atoms with Crippen LogP contribution in [0.2, 0.25) is 0 Å². The lowest BCUT2D eigenvalue weighted by molar-refractivity contribution is -0.142. The number of hydrogen-bond donors (Lipinski definition) is 3. The quantitative estimate of drug-likeness (QED) is 0.422. The average molecular weight is 481 g/mol. The van der Waals surface area contributed by atoms with Gasteiger partial charge in [-0.1, -0.05) is 82.6 Å². The highest BCUT2D eigenvalue weighted by Gasteiger charge is 2.32. The van der Waals surface area contributed by atoms with Crippen LogP contribution in [0.1, 0.15) is 64.0 Å². The minimum absolute atomic E-state index is 0.0866. The molecule has 188 valence electrons. The summed E-state index contributed by atoms with van der Waals surface area (Å²) in [6, 6.07) is 14.3.